The minimum Gasteiger partial charge on any atom is -0.353 e. The van der Waals surface area contributed by atoms with E-state index in [1.54, 1.807) is 23.7 Å². The van der Waals surface area contributed by atoms with Gasteiger partial charge in [-0.15, -0.1) is 17.9 Å². The maximum Gasteiger partial charge on any atom is 0.234 e. The Balaban J connectivity index is 1.59. The number of fused-ring (bicyclic) bond motifs is 1. The maximum absolute atomic E-state index is 11.7. The van der Waals surface area contributed by atoms with Crippen molar-refractivity contribution in [2.45, 2.75) is 0 Å². The van der Waals surface area contributed by atoms with E-state index in [1.807, 2.05) is 11.4 Å². The molecule has 1 fully saturated rings. The molecule has 0 unspecified atom stereocenters. The van der Waals surface area contributed by atoms with Gasteiger partial charge in [0.15, 0.2) is 0 Å². The van der Waals surface area contributed by atoms with Crippen LogP contribution in [-0.2, 0) is 4.79 Å². The molecule has 0 spiro atoms. The first kappa shape index (κ1) is 14.9. The molecule has 3 heterocycles. The molecule has 1 N–H and O–H groups in total. The largest absolute Gasteiger partial charge is 0.353 e. The summed E-state index contributed by atoms with van der Waals surface area (Å²) in [6.45, 7) is 8.03. The van der Waals surface area contributed by atoms with Gasteiger partial charge in [-0.25, -0.2) is 9.97 Å². The molecule has 2 aromatic rings. The summed E-state index contributed by atoms with van der Waals surface area (Å²) in [6.07, 6.45) is 3.32. The molecule has 6 nitrogen and oxygen atoms in total. The Labute approximate surface area is 133 Å². The molecule has 1 aliphatic rings. The number of rotatable bonds is 5. The summed E-state index contributed by atoms with van der Waals surface area (Å²) in [6, 6.07) is 2.02. The molecule has 116 valence electrons. The van der Waals surface area contributed by atoms with Crippen LogP contribution in [0.4, 0.5) is 5.82 Å². The molecule has 2 aromatic heterocycles. The Kier molecular flexibility index (Phi) is 4.65. The van der Waals surface area contributed by atoms with Crippen LogP contribution in [0.15, 0.2) is 30.4 Å². The summed E-state index contributed by atoms with van der Waals surface area (Å²) in [4.78, 5) is 24.9. The molecule has 0 saturated carbocycles. The van der Waals surface area contributed by atoms with Crippen molar-refractivity contribution in [1.82, 2.24) is 20.2 Å². The number of hydrogen-bond acceptors (Lipinski definition) is 6. The van der Waals surface area contributed by atoms with E-state index in [0.717, 1.165) is 42.2 Å². The third-order valence-corrected chi connectivity index (χ3v) is 4.61. The zero-order chi connectivity index (χ0) is 15.4. The number of piperazine rings is 1. The minimum atomic E-state index is 0.0519. The predicted molar refractivity (Wildman–Crippen MR) is 89.3 cm³/mol. The van der Waals surface area contributed by atoms with Gasteiger partial charge < -0.3 is 10.2 Å². The highest BCUT2D eigenvalue weighted by molar-refractivity contribution is 7.17. The van der Waals surface area contributed by atoms with E-state index in [4.69, 9.17) is 0 Å². The SMILES string of the molecule is C=CCNC(=O)CN1CCN(c2ncnc3ccsc23)CC1. The highest BCUT2D eigenvalue weighted by Gasteiger charge is 2.21. The van der Waals surface area contributed by atoms with E-state index in [-0.39, 0.29) is 5.91 Å². The first-order chi connectivity index (χ1) is 10.8. The van der Waals surface area contributed by atoms with Crippen molar-refractivity contribution in [1.29, 1.82) is 0 Å². The monoisotopic (exact) mass is 317 g/mol. The van der Waals surface area contributed by atoms with Crippen LogP contribution in [0.25, 0.3) is 10.2 Å². The van der Waals surface area contributed by atoms with Gasteiger partial charge in [0.05, 0.1) is 16.8 Å². The van der Waals surface area contributed by atoms with E-state index in [1.165, 1.54) is 0 Å². The second-order valence-corrected chi connectivity index (χ2v) is 6.10. The normalized spacial score (nSPS) is 15.9. The van der Waals surface area contributed by atoms with Crippen LogP contribution in [0.1, 0.15) is 0 Å². The molecule has 1 amide bonds. The highest BCUT2D eigenvalue weighted by Crippen LogP contribution is 2.28. The molecule has 0 aliphatic carbocycles. The molecule has 0 radical (unpaired) electrons. The van der Waals surface area contributed by atoms with Gasteiger partial charge in [0.2, 0.25) is 5.91 Å². The number of hydrogen-bond donors (Lipinski definition) is 1. The second-order valence-electron chi connectivity index (χ2n) is 5.19. The fraction of sp³-hybridized carbons (Fsp3) is 0.400. The van der Waals surface area contributed by atoms with E-state index >= 15 is 0 Å². The molecule has 0 bridgehead atoms. The molecule has 1 aliphatic heterocycles. The van der Waals surface area contributed by atoms with Crippen LogP contribution in [0.5, 0.6) is 0 Å². The quantitative estimate of drug-likeness (QED) is 0.837. The van der Waals surface area contributed by atoms with Crippen molar-refractivity contribution < 1.29 is 4.79 Å². The lowest BCUT2D eigenvalue weighted by atomic mass is 10.3. The fourth-order valence-electron chi connectivity index (χ4n) is 2.56. The van der Waals surface area contributed by atoms with Crippen molar-refractivity contribution in [3.05, 3.63) is 30.4 Å². The Morgan fingerprint density at radius 2 is 2.18 bits per heavy atom. The summed E-state index contributed by atoms with van der Waals surface area (Å²) in [5, 5.41) is 4.86. The first-order valence-corrected chi connectivity index (χ1v) is 8.19. The highest BCUT2D eigenvalue weighted by atomic mass is 32.1. The van der Waals surface area contributed by atoms with Gasteiger partial charge in [-0.2, -0.15) is 0 Å². The average Bonchev–Trinajstić information content (AvgIpc) is 3.02. The zero-order valence-corrected chi connectivity index (χ0v) is 13.2. The Bertz CT molecular complexity index is 663. The van der Waals surface area contributed by atoms with Gasteiger partial charge in [0, 0.05) is 32.7 Å². The van der Waals surface area contributed by atoms with Gasteiger partial charge in [-0.3, -0.25) is 9.69 Å². The van der Waals surface area contributed by atoms with E-state index in [9.17, 15) is 4.79 Å². The third kappa shape index (κ3) is 3.26. The zero-order valence-electron chi connectivity index (χ0n) is 12.4. The fourth-order valence-corrected chi connectivity index (χ4v) is 3.43. The summed E-state index contributed by atoms with van der Waals surface area (Å²) >= 11 is 1.67. The number of nitrogens with one attached hydrogen (secondary N) is 1. The van der Waals surface area contributed by atoms with Crippen molar-refractivity contribution in [3.8, 4) is 0 Å². The first-order valence-electron chi connectivity index (χ1n) is 7.31. The Morgan fingerprint density at radius 3 is 2.95 bits per heavy atom. The number of anilines is 1. The van der Waals surface area contributed by atoms with Gasteiger partial charge in [-0.1, -0.05) is 6.08 Å². The minimum absolute atomic E-state index is 0.0519. The van der Waals surface area contributed by atoms with Crippen molar-refractivity contribution >= 4 is 33.3 Å². The molecule has 7 heteroatoms. The number of aromatic nitrogens is 2. The van der Waals surface area contributed by atoms with E-state index in [2.05, 4.69) is 31.7 Å². The third-order valence-electron chi connectivity index (χ3n) is 3.71. The molecular weight excluding hydrogens is 298 g/mol. The molecular formula is C15H19N5OS. The van der Waals surface area contributed by atoms with Gasteiger partial charge in [0.25, 0.3) is 0 Å². The summed E-state index contributed by atoms with van der Waals surface area (Å²) in [5.41, 5.74) is 1.00. The molecule has 3 rings (SSSR count). The van der Waals surface area contributed by atoms with Crippen molar-refractivity contribution in [3.63, 3.8) is 0 Å². The van der Waals surface area contributed by atoms with Gasteiger partial charge in [-0.05, 0) is 11.4 Å². The summed E-state index contributed by atoms with van der Waals surface area (Å²) in [7, 11) is 0. The maximum atomic E-state index is 11.7. The van der Waals surface area contributed by atoms with Crippen molar-refractivity contribution in [2.75, 3.05) is 44.2 Å². The Morgan fingerprint density at radius 1 is 1.36 bits per heavy atom. The van der Waals surface area contributed by atoms with E-state index < -0.39 is 0 Å². The number of carbonyl (C=O) groups is 1. The van der Waals surface area contributed by atoms with Gasteiger partial charge >= 0.3 is 0 Å². The molecule has 0 aromatic carbocycles. The van der Waals surface area contributed by atoms with Crippen molar-refractivity contribution in [2.24, 2.45) is 0 Å². The lowest BCUT2D eigenvalue weighted by Crippen LogP contribution is -2.49. The van der Waals surface area contributed by atoms with Gasteiger partial charge in [0.1, 0.15) is 12.1 Å². The number of carbonyl (C=O) groups excluding carboxylic acids is 1. The molecule has 22 heavy (non-hydrogen) atoms. The standard InChI is InChI=1S/C15H19N5OS/c1-2-4-16-13(21)10-19-5-7-20(8-6-19)15-14-12(3-9-22-14)17-11-18-15/h2-3,9,11H,1,4-8,10H2,(H,16,21). The van der Waals surface area contributed by atoms with Crippen LogP contribution < -0.4 is 10.2 Å². The van der Waals surface area contributed by atoms with Crippen LogP contribution in [0.3, 0.4) is 0 Å². The number of thiophene rings is 1. The van der Waals surface area contributed by atoms with Crippen LogP contribution >= 0.6 is 11.3 Å². The Hall–Kier alpha value is -1.99. The second kappa shape index (κ2) is 6.85. The topological polar surface area (TPSA) is 61.4 Å². The summed E-state index contributed by atoms with van der Waals surface area (Å²) in [5.74, 6) is 1.06. The smallest absolute Gasteiger partial charge is 0.234 e. The van der Waals surface area contributed by atoms with Crippen LogP contribution in [-0.4, -0.2) is 60.0 Å². The summed E-state index contributed by atoms with van der Waals surface area (Å²) < 4.78 is 1.14. The molecule has 1 saturated heterocycles. The molecule has 0 atom stereocenters. The lowest BCUT2D eigenvalue weighted by molar-refractivity contribution is -0.122. The number of nitrogens with zero attached hydrogens (tertiary/aromatic N) is 4. The predicted octanol–water partition coefficient (Wildman–Crippen LogP) is 1.12. The number of amides is 1. The average molecular weight is 317 g/mol. The van der Waals surface area contributed by atoms with Crippen LogP contribution in [0, 0.1) is 0 Å². The van der Waals surface area contributed by atoms with E-state index in [0.29, 0.717) is 13.1 Å². The van der Waals surface area contributed by atoms with Crippen LogP contribution in [0.2, 0.25) is 0 Å². The lowest BCUT2D eigenvalue weighted by Gasteiger charge is -2.35.